The van der Waals surface area contributed by atoms with Crippen LogP contribution in [-0.2, 0) is 32.2 Å². The van der Waals surface area contributed by atoms with Gasteiger partial charge in [0.1, 0.15) is 4.21 Å². The Morgan fingerprint density at radius 2 is 1.62 bits per heavy atom. The molecule has 1 aliphatic rings. The molecule has 2 atom stereocenters. The Kier molecular flexibility index (Phi) is 8.69. The second kappa shape index (κ2) is 11.4. The molecule has 1 aromatic heterocycles. The van der Waals surface area contributed by atoms with Crippen molar-refractivity contribution in [3.05, 3.63) is 83.2 Å². The lowest BCUT2D eigenvalue weighted by Gasteiger charge is -2.43. The average molecular weight is 618 g/mol. The monoisotopic (exact) mass is 617 g/mol. The molecule has 0 saturated carbocycles. The van der Waals surface area contributed by atoms with Gasteiger partial charge in [0, 0.05) is 38.4 Å². The van der Waals surface area contributed by atoms with Crippen LogP contribution >= 0.6 is 11.3 Å². The molecular formula is C26H30F3N3O5S3. The highest BCUT2D eigenvalue weighted by Crippen LogP contribution is 2.39. The van der Waals surface area contributed by atoms with Crippen molar-refractivity contribution in [3.8, 4) is 0 Å². The van der Waals surface area contributed by atoms with Crippen LogP contribution in [0.2, 0.25) is 0 Å². The summed E-state index contributed by atoms with van der Waals surface area (Å²) in [7, 11) is -7.55. The van der Waals surface area contributed by atoms with Gasteiger partial charge >= 0.3 is 6.18 Å². The van der Waals surface area contributed by atoms with E-state index in [4.69, 9.17) is 0 Å². The topological polar surface area (TPSA) is 98.2 Å². The third-order valence-corrected chi connectivity index (χ3v) is 11.4. The number of rotatable bonds is 9. The van der Waals surface area contributed by atoms with E-state index >= 15 is 0 Å². The summed E-state index contributed by atoms with van der Waals surface area (Å²) < 4.78 is 95.1. The predicted molar refractivity (Wildman–Crippen MR) is 148 cm³/mol. The van der Waals surface area contributed by atoms with E-state index in [0.29, 0.717) is 12.6 Å². The summed E-state index contributed by atoms with van der Waals surface area (Å²) in [5, 5.41) is 11.7. The minimum atomic E-state index is -4.88. The number of sulfonamides is 2. The Bertz CT molecular complexity index is 1500. The first-order chi connectivity index (χ1) is 18.6. The van der Waals surface area contributed by atoms with Crippen LogP contribution in [0.15, 0.2) is 76.3 Å². The zero-order valence-electron chi connectivity index (χ0n) is 21.8. The van der Waals surface area contributed by atoms with E-state index in [0.717, 1.165) is 23.2 Å². The van der Waals surface area contributed by atoms with Crippen molar-refractivity contribution in [1.29, 1.82) is 0 Å². The van der Waals surface area contributed by atoms with Gasteiger partial charge in [0.15, 0.2) is 5.60 Å². The first-order valence-electron chi connectivity index (χ1n) is 12.3. The van der Waals surface area contributed by atoms with Crippen LogP contribution in [0.4, 0.5) is 18.9 Å². The average Bonchev–Trinajstić information content (AvgIpc) is 3.44. The summed E-state index contributed by atoms with van der Waals surface area (Å²) >= 11 is 1.08. The highest BCUT2D eigenvalue weighted by atomic mass is 32.2. The number of benzene rings is 2. The van der Waals surface area contributed by atoms with Crippen LogP contribution in [0.5, 0.6) is 0 Å². The molecule has 2 aromatic carbocycles. The summed E-state index contributed by atoms with van der Waals surface area (Å²) in [4.78, 5) is 1.80. The second-order valence-electron chi connectivity index (χ2n) is 9.80. The van der Waals surface area contributed by atoms with E-state index in [1.165, 1.54) is 38.9 Å². The van der Waals surface area contributed by atoms with Crippen LogP contribution in [0.1, 0.15) is 18.1 Å². The van der Waals surface area contributed by atoms with Gasteiger partial charge in [-0.15, -0.1) is 11.3 Å². The molecule has 218 valence electrons. The molecule has 1 unspecified atom stereocenters. The lowest BCUT2D eigenvalue weighted by Crippen LogP contribution is -2.58. The van der Waals surface area contributed by atoms with Crippen molar-refractivity contribution in [2.24, 2.45) is 0 Å². The molecule has 40 heavy (non-hydrogen) atoms. The molecule has 14 heteroatoms. The number of thiophene rings is 1. The van der Waals surface area contributed by atoms with Crippen LogP contribution < -0.4 is 4.90 Å². The summed E-state index contributed by atoms with van der Waals surface area (Å²) in [6, 6.07) is 16.6. The van der Waals surface area contributed by atoms with Crippen molar-refractivity contribution < 1.29 is 35.1 Å². The summed E-state index contributed by atoms with van der Waals surface area (Å²) in [5.74, 6) is 0. The highest BCUT2D eigenvalue weighted by molar-refractivity contribution is 7.91. The molecule has 0 aliphatic carbocycles. The number of nitrogens with zero attached hydrogens (tertiary/aromatic N) is 3. The molecule has 4 rings (SSSR count). The lowest BCUT2D eigenvalue weighted by molar-refractivity contribution is -0.258. The number of hydrogen-bond donors (Lipinski definition) is 1. The van der Waals surface area contributed by atoms with Crippen LogP contribution in [0.3, 0.4) is 0 Å². The second-order valence-corrected chi connectivity index (χ2v) is 14.9. The quantitative estimate of drug-likeness (QED) is 0.392. The van der Waals surface area contributed by atoms with Crippen LogP contribution in [0, 0.1) is 0 Å². The zero-order valence-corrected chi connectivity index (χ0v) is 24.3. The molecule has 1 aliphatic heterocycles. The molecule has 8 nitrogen and oxygen atoms in total. The van der Waals surface area contributed by atoms with Crippen molar-refractivity contribution in [1.82, 2.24) is 8.61 Å². The first-order valence-corrected chi connectivity index (χ1v) is 16.5. The highest BCUT2D eigenvalue weighted by Gasteiger charge is 2.51. The van der Waals surface area contributed by atoms with Gasteiger partial charge in [-0.3, -0.25) is 0 Å². The van der Waals surface area contributed by atoms with Gasteiger partial charge in [-0.1, -0.05) is 48.5 Å². The standard InChI is InChI=1S/C26H30F3N3O5S3/c1-25(33,26(27,28)29)21-10-12-22(13-11-21)32-15-14-30(40(36,37)24-9-6-16-38-24)18-23(32)19-31(39(2,34)35)17-20-7-4-3-5-8-20/h3-13,16,23,33H,14-15,17-19H2,1-2H3/t23-,25?/m1/s1. The third kappa shape index (κ3) is 6.52. The van der Waals surface area contributed by atoms with Crippen molar-refractivity contribution in [3.63, 3.8) is 0 Å². The molecule has 0 amide bonds. The van der Waals surface area contributed by atoms with Crippen LogP contribution in [-0.4, -0.2) is 75.2 Å². The molecule has 1 fully saturated rings. The van der Waals surface area contributed by atoms with E-state index in [2.05, 4.69) is 0 Å². The molecule has 3 aromatic rings. The van der Waals surface area contributed by atoms with Gasteiger partial charge in [0.2, 0.25) is 10.0 Å². The maximum Gasteiger partial charge on any atom is 0.421 e. The van der Waals surface area contributed by atoms with Crippen molar-refractivity contribution >= 4 is 37.1 Å². The molecule has 0 radical (unpaired) electrons. The number of alkyl halides is 3. The zero-order chi connectivity index (χ0) is 29.3. The van der Waals surface area contributed by atoms with Gasteiger partial charge in [-0.05, 0) is 41.6 Å². The van der Waals surface area contributed by atoms with Gasteiger partial charge in [0.25, 0.3) is 10.0 Å². The maximum absolute atomic E-state index is 13.4. The van der Waals surface area contributed by atoms with Crippen molar-refractivity contribution in [2.45, 2.75) is 35.5 Å². The van der Waals surface area contributed by atoms with E-state index in [1.807, 2.05) is 6.07 Å². The van der Waals surface area contributed by atoms with Crippen molar-refractivity contribution in [2.75, 3.05) is 37.3 Å². The minimum Gasteiger partial charge on any atom is -0.376 e. The third-order valence-electron chi connectivity index (χ3n) is 6.93. The number of anilines is 1. The normalized spacial score (nSPS) is 19.1. The lowest BCUT2D eigenvalue weighted by atomic mass is 9.95. The Morgan fingerprint density at radius 1 is 0.975 bits per heavy atom. The SMILES string of the molecule is CC(O)(c1ccc(N2CCN(S(=O)(=O)c3cccs3)C[C@@H]2CN(Cc2ccccc2)S(C)(=O)=O)cc1)C(F)(F)F. The van der Waals surface area contributed by atoms with Gasteiger partial charge < -0.3 is 10.0 Å². The molecule has 1 saturated heterocycles. The maximum atomic E-state index is 13.4. The Labute approximate surface area is 236 Å². The largest absolute Gasteiger partial charge is 0.421 e. The van der Waals surface area contributed by atoms with Crippen LogP contribution in [0.25, 0.3) is 0 Å². The first kappa shape index (κ1) is 30.5. The fourth-order valence-corrected chi connectivity index (χ4v) is 8.00. The van der Waals surface area contributed by atoms with Gasteiger partial charge in [0.05, 0.1) is 12.3 Å². The number of hydrogen-bond acceptors (Lipinski definition) is 7. The van der Waals surface area contributed by atoms with E-state index in [-0.39, 0.29) is 42.5 Å². The Morgan fingerprint density at radius 3 is 2.17 bits per heavy atom. The Hall–Kier alpha value is -2.49. The van der Waals surface area contributed by atoms with E-state index in [1.54, 1.807) is 40.6 Å². The van der Waals surface area contributed by atoms with Gasteiger partial charge in [-0.2, -0.15) is 21.8 Å². The summed E-state index contributed by atoms with van der Waals surface area (Å²) in [5.41, 5.74) is -2.17. The summed E-state index contributed by atoms with van der Waals surface area (Å²) in [6.45, 7) is 0.903. The number of aliphatic hydroxyl groups is 1. The molecular weight excluding hydrogens is 587 g/mol. The van der Waals surface area contributed by atoms with E-state index in [9.17, 15) is 35.1 Å². The summed E-state index contributed by atoms with van der Waals surface area (Å²) in [6.07, 6.45) is -3.80. The molecule has 2 heterocycles. The van der Waals surface area contributed by atoms with Gasteiger partial charge in [-0.25, -0.2) is 16.8 Å². The number of piperazine rings is 1. The van der Waals surface area contributed by atoms with E-state index < -0.39 is 37.9 Å². The minimum absolute atomic E-state index is 0.0386. The predicted octanol–water partition coefficient (Wildman–Crippen LogP) is 3.86. The molecule has 1 N–H and O–H groups in total. The smallest absolute Gasteiger partial charge is 0.376 e. The molecule has 0 spiro atoms. The fourth-order valence-electron chi connectivity index (χ4n) is 4.56. The molecule has 0 bridgehead atoms. The fraction of sp³-hybridized carbons (Fsp3) is 0.385. The number of halogens is 3. The Balaban J connectivity index is 1.68.